The fourth-order valence-electron chi connectivity index (χ4n) is 1.98. The molecule has 0 atom stereocenters. The van der Waals surface area contributed by atoms with Gasteiger partial charge in [0.15, 0.2) is 0 Å². The van der Waals surface area contributed by atoms with Gasteiger partial charge in [-0.2, -0.15) is 0 Å². The third-order valence-electron chi connectivity index (χ3n) is 3.39. The van der Waals surface area contributed by atoms with E-state index >= 15 is 0 Å². The second-order valence-corrected chi connectivity index (χ2v) is 7.62. The molecule has 20 heavy (non-hydrogen) atoms. The third-order valence-corrected chi connectivity index (χ3v) is 5.85. The average Bonchev–Trinajstić information content (AvgIpc) is 3.23. The van der Waals surface area contributed by atoms with Crippen LogP contribution in [0, 0.1) is 0 Å². The number of nitrogens with one attached hydrogen (secondary N) is 1. The average molecular weight is 363 g/mol. The Morgan fingerprint density at radius 1 is 1.45 bits per heavy atom. The number of likely N-dealkylation sites (N-methyl/N-ethyl adjacent to an activating group) is 1. The van der Waals surface area contributed by atoms with E-state index in [-0.39, 0.29) is 11.5 Å². The molecular weight excluding hydrogens is 344 g/mol. The molecule has 1 saturated carbocycles. The lowest BCUT2D eigenvalue weighted by atomic mass is 10.2. The molecule has 7 heteroatoms. The highest BCUT2D eigenvalue weighted by molar-refractivity contribution is 9.10. The van der Waals surface area contributed by atoms with Crippen molar-refractivity contribution >= 4 is 26.0 Å². The lowest BCUT2D eigenvalue weighted by Gasteiger charge is -2.16. The normalized spacial score (nSPS) is 15.8. The molecule has 1 aromatic carbocycles. The van der Waals surface area contributed by atoms with Gasteiger partial charge in [-0.3, -0.25) is 0 Å². The Balaban J connectivity index is 2.01. The summed E-state index contributed by atoms with van der Waals surface area (Å²) < 4.78 is 27.6. The second kappa shape index (κ2) is 6.53. The fraction of sp³-hybridized carbons (Fsp3) is 0.538. The minimum atomic E-state index is -3.56. The zero-order valence-corrected chi connectivity index (χ0v) is 13.7. The van der Waals surface area contributed by atoms with E-state index in [1.54, 1.807) is 12.1 Å². The standard InChI is InChI=1S/C13H19BrN2O3S/c1-16(11-3-4-11)7-6-15-20(18,19)13-8-10(9-17)2-5-12(13)14/h2,5,8,11,15,17H,3-4,6-7,9H2,1H3. The summed E-state index contributed by atoms with van der Waals surface area (Å²) in [5.74, 6) is 0. The quantitative estimate of drug-likeness (QED) is 0.767. The van der Waals surface area contributed by atoms with Crippen LogP contribution in [0.4, 0.5) is 0 Å². The monoisotopic (exact) mass is 362 g/mol. The fourth-order valence-corrected chi connectivity index (χ4v) is 4.02. The van der Waals surface area contributed by atoms with Crippen molar-refractivity contribution in [3.05, 3.63) is 28.2 Å². The van der Waals surface area contributed by atoms with Crippen LogP contribution in [-0.2, 0) is 16.6 Å². The largest absolute Gasteiger partial charge is 0.392 e. The van der Waals surface area contributed by atoms with E-state index in [1.165, 1.54) is 18.9 Å². The molecule has 2 rings (SSSR count). The summed E-state index contributed by atoms with van der Waals surface area (Å²) in [4.78, 5) is 2.33. The van der Waals surface area contributed by atoms with E-state index in [0.29, 0.717) is 29.2 Å². The predicted molar refractivity (Wildman–Crippen MR) is 80.9 cm³/mol. The molecule has 1 fully saturated rings. The Morgan fingerprint density at radius 3 is 2.75 bits per heavy atom. The number of aliphatic hydroxyl groups is 1. The molecule has 1 aliphatic rings. The van der Waals surface area contributed by atoms with Crippen molar-refractivity contribution in [2.45, 2.75) is 30.4 Å². The molecule has 0 spiro atoms. The molecular formula is C13H19BrN2O3S. The number of aliphatic hydroxyl groups excluding tert-OH is 1. The molecule has 0 amide bonds. The van der Waals surface area contributed by atoms with Crippen molar-refractivity contribution in [1.82, 2.24) is 9.62 Å². The van der Waals surface area contributed by atoms with Gasteiger partial charge in [-0.1, -0.05) is 6.07 Å². The number of halogens is 1. The summed E-state index contributed by atoms with van der Waals surface area (Å²) in [5.41, 5.74) is 0.573. The van der Waals surface area contributed by atoms with E-state index in [1.807, 2.05) is 7.05 Å². The lowest BCUT2D eigenvalue weighted by Crippen LogP contribution is -2.34. The van der Waals surface area contributed by atoms with Gasteiger partial charge >= 0.3 is 0 Å². The van der Waals surface area contributed by atoms with E-state index in [9.17, 15) is 8.42 Å². The molecule has 0 aromatic heterocycles. The molecule has 0 unspecified atom stereocenters. The summed E-state index contributed by atoms with van der Waals surface area (Å²) in [7, 11) is -1.55. The van der Waals surface area contributed by atoms with Crippen LogP contribution in [0.5, 0.6) is 0 Å². The van der Waals surface area contributed by atoms with Gasteiger partial charge in [-0.15, -0.1) is 0 Å². The molecule has 0 radical (unpaired) electrons. The number of hydrogen-bond donors (Lipinski definition) is 2. The van der Waals surface area contributed by atoms with Gasteiger partial charge in [0, 0.05) is 23.6 Å². The summed E-state index contributed by atoms with van der Waals surface area (Å²) in [5, 5.41) is 9.10. The van der Waals surface area contributed by atoms with Crippen molar-refractivity contribution in [3.8, 4) is 0 Å². The highest BCUT2D eigenvalue weighted by atomic mass is 79.9. The Hall–Kier alpha value is -0.470. The first-order valence-corrected chi connectivity index (χ1v) is 8.81. The molecule has 112 valence electrons. The Kier molecular flexibility index (Phi) is 5.19. The van der Waals surface area contributed by atoms with Crippen molar-refractivity contribution in [2.75, 3.05) is 20.1 Å². The number of nitrogens with zero attached hydrogens (tertiary/aromatic N) is 1. The Labute approximate surface area is 128 Å². The predicted octanol–water partition coefficient (Wildman–Crippen LogP) is 1.31. The van der Waals surface area contributed by atoms with Crippen molar-refractivity contribution in [2.24, 2.45) is 0 Å². The van der Waals surface area contributed by atoms with Gasteiger partial charge < -0.3 is 10.0 Å². The summed E-state index contributed by atoms with van der Waals surface area (Å²) in [6, 6.07) is 5.42. The van der Waals surface area contributed by atoms with Gasteiger partial charge in [0.1, 0.15) is 0 Å². The van der Waals surface area contributed by atoms with Crippen LogP contribution in [0.25, 0.3) is 0 Å². The van der Waals surface area contributed by atoms with Crippen molar-refractivity contribution in [3.63, 3.8) is 0 Å². The lowest BCUT2D eigenvalue weighted by molar-refractivity contribution is 0.281. The SMILES string of the molecule is CN(CCNS(=O)(=O)c1cc(CO)ccc1Br)C1CC1. The molecule has 5 nitrogen and oxygen atoms in total. The summed E-state index contributed by atoms with van der Waals surface area (Å²) in [6.45, 7) is 0.895. The van der Waals surface area contributed by atoms with Crippen LogP contribution >= 0.6 is 15.9 Å². The number of rotatable bonds is 7. The number of hydrogen-bond acceptors (Lipinski definition) is 4. The number of benzene rings is 1. The van der Waals surface area contributed by atoms with Crippen LogP contribution < -0.4 is 4.72 Å². The van der Waals surface area contributed by atoms with Crippen LogP contribution in [0.1, 0.15) is 18.4 Å². The maximum absolute atomic E-state index is 12.2. The van der Waals surface area contributed by atoms with E-state index < -0.39 is 10.0 Å². The maximum Gasteiger partial charge on any atom is 0.241 e. The van der Waals surface area contributed by atoms with E-state index in [4.69, 9.17) is 5.11 Å². The minimum Gasteiger partial charge on any atom is -0.392 e. The van der Waals surface area contributed by atoms with Gasteiger partial charge in [0.05, 0.1) is 11.5 Å². The number of sulfonamides is 1. The van der Waals surface area contributed by atoms with Crippen molar-refractivity contribution in [1.29, 1.82) is 0 Å². The van der Waals surface area contributed by atoms with Gasteiger partial charge in [-0.05, 0) is 53.5 Å². The van der Waals surface area contributed by atoms with E-state index in [2.05, 4.69) is 25.6 Å². The van der Waals surface area contributed by atoms with Crippen LogP contribution in [0.3, 0.4) is 0 Å². The first-order chi connectivity index (χ1) is 9.44. The van der Waals surface area contributed by atoms with Gasteiger partial charge in [-0.25, -0.2) is 13.1 Å². The maximum atomic E-state index is 12.2. The van der Waals surface area contributed by atoms with Gasteiger partial charge in [0.2, 0.25) is 10.0 Å². The highest BCUT2D eigenvalue weighted by Crippen LogP contribution is 2.25. The van der Waals surface area contributed by atoms with Crippen molar-refractivity contribution < 1.29 is 13.5 Å². The summed E-state index contributed by atoms with van der Waals surface area (Å²) in [6.07, 6.45) is 2.40. The minimum absolute atomic E-state index is 0.165. The molecule has 0 saturated heterocycles. The first kappa shape index (κ1) is 15.9. The molecule has 0 aliphatic heterocycles. The topological polar surface area (TPSA) is 69.6 Å². The smallest absolute Gasteiger partial charge is 0.241 e. The summed E-state index contributed by atoms with van der Waals surface area (Å²) >= 11 is 3.24. The molecule has 2 N–H and O–H groups in total. The van der Waals surface area contributed by atoms with Crippen LogP contribution in [0.15, 0.2) is 27.6 Å². The molecule has 1 aliphatic carbocycles. The first-order valence-electron chi connectivity index (χ1n) is 6.53. The van der Waals surface area contributed by atoms with E-state index in [0.717, 1.165) is 0 Å². The second-order valence-electron chi connectivity index (χ2n) is 5.03. The van der Waals surface area contributed by atoms with Crippen LogP contribution in [-0.4, -0.2) is 44.6 Å². The zero-order valence-electron chi connectivity index (χ0n) is 11.3. The Bertz CT molecular complexity index is 573. The highest BCUT2D eigenvalue weighted by Gasteiger charge is 2.26. The van der Waals surface area contributed by atoms with Gasteiger partial charge in [0.25, 0.3) is 0 Å². The molecule has 0 bridgehead atoms. The van der Waals surface area contributed by atoms with Crippen LogP contribution in [0.2, 0.25) is 0 Å². The third kappa shape index (κ3) is 4.02. The molecule has 1 aromatic rings. The molecule has 0 heterocycles. The zero-order chi connectivity index (χ0) is 14.8. The Morgan fingerprint density at radius 2 is 2.15 bits per heavy atom.